The quantitative estimate of drug-likeness (QED) is 0.0262. The predicted molar refractivity (Wildman–Crippen MR) is 288 cm³/mol. The second-order valence-corrected chi connectivity index (χ2v) is 17.7. The minimum atomic E-state index is -0.808. The Morgan fingerprint density at radius 2 is 0.582 bits per heavy atom. The van der Waals surface area contributed by atoms with Crippen LogP contribution in [-0.2, 0) is 28.6 Å². The van der Waals surface area contributed by atoms with Gasteiger partial charge < -0.3 is 14.2 Å². The highest BCUT2D eigenvalue weighted by atomic mass is 16.6. The largest absolute Gasteiger partial charge is 0.462 e. The van der Waals surface area contributed by atoms with Gasteiger partial charge in [-0.3, -0.25) is 14.4 Å². The molecule has 0 aliphatic heterocycles. The van der Waals surface area contributed by atoms with Crippen molar-refractivity contribution in [1.82, 2.24) is 0 Å². The maximum absolute atomic E-state index is 12.8. The summed E-state index contributed by atoms with van der Waals surface area (Å²) in [7, 11) is 0. The van der Waals surface area contributed by atoms with Crippen LogP contribution in [-0.4, -0.2) is 37.2 Å². The fourth-order valence-electron chi connectivity index (χ4n) is 7.12. The van der Waals surface area contributed by atoms with Gasteiger partial charge in [0.1, 0.15) is 13.2 Å². The normalized spacial score (nSPS) is 12.9. The van der Waals surface area contributed by atoms with Crippen LogP contribution in [0.4, 0.5) is 0 Å². The molecule has 0 aliphatic rings. The number of ether oxygens (including phenoxy) is 3. The number of carbonyl (C=O) groups is 3. The van der Waals surface area contributed by atoms with E-state index in [4.69, 9.17) is 14.2 Å². The third-order valence-corrected chi connectivity index (χ3v) is 11.2. The molecule has 0 unspecified atom stereocenters. The average Bonchev–Trinajstić information content (AvgIpc) is 3.33. The number of hydrogen-bond acceptors (Lipinski definition) is 6. The highest BCUT2D eigenvalue weighted by Crippen LogP contribution is 2.13. The Balaban J connectivity index is 4.51. The fourth-order valence-corrected chi connectivity index (χ4v) is 7.12. The lowest BCUT2D eigenvalue weighted by Gasteiger charge is -2.18. The summed E-state index contributed by atoms with van der Waals surface area (Å²) in [6.45, 7) is 6.41. The van der Waals surface area contributed by atoms with Crippen LogP contribution in [0, 0.1) is 0 Å². The summed E-state index contributed by atoms with van der Waals surface area (Å²) in [5.41, 5.74) is 0. The van der Waals surface area contributed by atoms with Gasteiger partial charge in [-0.25, -0.2) is 0 Å². The second kappa shape index (κ2) is 54.7. The van der Waals surface area contributed by atoms with Gasteiger partial charge >= 0.3 is 17.9 Å². The van der Waals surface area contributed by atoms with E-state index in [1.165, 1.54) is 51.4 Å². The molecule has 0 heterocycles. The summed E-state index contributed by atoms with van der Waals surface area (Å²) in [4.78, 5) is 38.1. The van der Waals surface area contributed by atoms with Crippen molar-refractivity contribution in [1.29, 1.82) is 0 Å². The zero-order valence-corrected chi connectivity index (χ0v) is 43.4. The Hall–Kier alpha value is -3.93. The molecule has 0 aromatic rings. The van der Waals surface area contributed by atoms with Gasteiger partial charge in [-0.05, 0) is 128 Å². The summed E-state index contributed by atoms with van der Waals surface area (Å²) in [5.74, 6) is -0.969. The molecule has 0 spiro atoms. The van der Waals surface area contributed by atoms with Crippen molar-refractivity contribution in [2.24, 2.45) is 0 Å². The molecular weight excluding hydrogens is 829 g/mol. The number of carbonyl (C=O) groups excluding carboxylic acids is 3. The maximum atomic E-state index is 12.8. The van der Waals surface area contributed by atoms with E-state index < -0.39 is 6.10 Å². The molecule has 380 valence electrons. The van der Waals surface area contributed by atoms with Crippen molar-refractivity contribution in [3.8, 4) is 0 Å². The number of hydrogen-bond donors (Lipinski definition) is 0. The van der Waals surface area contributed by atoms with Crippen molar-refractivity contribution in [2.45, 2.75) is 245 Å². The molecule has 0 amide bonds. The van der Waals surface area contributed by atoms with Crippen LogP contribution in [0.5, 0.6) is 0 Å². The highest BCUT2D eigenvalue weighted by Gasteiger charge is 2.19. The molecule has 0 radical (unpaired) electrons. The van der Waals surface area contributed by atoms with Gasteiger partial charge in [-0.15, -0.1) is 0 Å². The van der Waals surface area contributed by atoms with Crippen LogP contribution in [0.25, 0.3) is 0 Å². The minimum absolute atomic E-state index is 0.105. The molecule has 0 saturated heterocycles. The fraction of sp³-hybridized carbons (Fsp3) is 0.656. The van der Waals surface area contributed by atoms with E-state index >= 15 is 0 Å². The summed E-state index contributed by atoms with van der Waals surface area (Å²) in [6, 6.07) is 0. The van der Waals surface area contributed by atoms with Crippen LogP contribution < -0.4 is 0 Å². The van der Waals surface area contributed by atoms with Gasteiger partial charge in [0.05, 0.1) is 0 Å². The Kier molecular flexibility index (Phi) is 51.5. The molecule has 6 heteroatoms. The van der Waals surface area contributed by atoms with Crippen molar-refractivity contribution < 1.29 is 28.6 Å². The van der Waals surface area contributed by atoms with E-state index in [0.717, 1.165) is 148 Å². The molecule has 0 rings (SSSR count). The maximum Gasteiger partial charge on any atom is 0.306 e. The molecule has 1 atom stereocenters. The monoisotopic (exact) mass is 929 g/mol. The van der Waals surface area contributed by atoms with E-state index in [2.05, 4.69) is 130 Å². The van der Waals surface area contributed by atoms with Crippen molar-refractivity contribution in [2.75, 3.05) is 13.2 Å². The van der Waals surface area contributed by atoms with Crippen LogP contribution in [0.2, 0.25) is 0 Å². The van der Waals surface area contributed by atoms with E-state index in [1.54, 1.807) is 0 Å². The van der Waals surface area contributed by atoms with Crippen molar-refractivity contribution in [3.05, 3.63) is 109 Å². The third-order valence-electron chi connectivity index (χ3n) is 11.2. The van der Waals surface area contributed by atoms with E-state index in [1.807, 2.05) is 0 Å². The molecule has 0 bridgehead atoms. The van der Waals surface area contributed by atoms with Gasteiger partial charge in [0.25, 0.3) is 0 Å². The smallest absolute Gasteiger partial charge is 0.306 e. The summed E-state index contributed by atoms with van der Waals surface area (Å²) < 4.78 is 16.8. The summed E-state index contributed by atoms with van der Waals surface area (Å²) in [5, 5.41) is 0. The van der Waals surface area contributed by atoms with Crippen LogP contribution in [0.3, 0.4) is 0 Å². The SMILES string of the molecule is CC/C=C\C/C=C\C/C=C\CCCCCCCC(=O)O[C@H](COC(=O)CCCCC/C=C\C/C=C\C/C=C\C/C=C\CCCCC)COC(=O)CCCCCCC/C=C\C/C=C\CCCCC. The first-order valence-electron chi connectivity index (χ1n) is 27.4. The van der Waals surface area contributed by atoms with Crippen molar-refractivity contribution in [3.63, 3.8) is 0 Å². The molecule has 0 aliphatic carbocycles. The lowest BCUT2D eigenvalue weighted by molar-refractivity contribution is -0.167. The van der Waals surface area contributed by atoms with Gasteiger partial charge in [-0.1, -0.05) is 201 Å². The molecule has 6 nitrogen and oxygen atoms in total. The van der Waals surface area contributed by atoms with Crippen molar-refractivity contribution >= 4 is 17.9 Å². The molecular formula is C61H100O6. The molecule has 0 saturated carbocycles. The highest BCUT2D eigenvalue weighted by molar-refractivity contribution is 5.71. The van der Waals surface area contributed by atoms with Gasteiger partial charge in [-0.2, -0.15) is 0 Å². The van der Waals surface area contributed by atoms with Gasteiger partial charge in [0.2, 0.25) is 0 Å². The third kappa shape index (κ3) is 52.9. The number of allylic oxidation sites excluding steroid dienone is 18. The topological polar surface area (TPSA) is 78.9 Å². The lowest BCUT2D eigenvalue weighted by atomic mass is 10.1. The van der Waals surface area contributed by atoms with E-state index in [9.17, 15) is 14.4 Å². The number of esters is 3. The van der Waals surface area contributed by atoms with E-state index in [-0.39, 0.29) is 31.1 Å². The first-order valence-corrected chi connectivity index (χ1v) is 27.4. The lowest BCUT2D eigenvalue weighted by Crippen LogP contribution is -2.30. The zero-order chi connectivity index (χ0) is 48.6. The molecule has 0 fully saturated rings. The summed E-state index contributed by atoms with van der Waals surface area (Å²) in [6.07, 6.45) is 73.5. The average molecular weight is 929 g/mol. The Labute approximate surface area is 412 Å². The molecule has 67 heavy (non-hydrogen) atoms. The second-order valence-electron chi connectivity index (χ2n) is 17.7. The first-order chi connectivity index (χ1) is 33.0. The summed E-state index contributed by atoms with van der Waals surface area (Å²) >= 11 is 0. The number of rotatable bonds is 48. The zero-order valence-electron chi connectivity index (χ0n) is 43.4. The number of unbranched alkanes of at least 4 members (excludes halogenated alkanes) is 19. The van der Waals surface area contributed by atoms with Gasteiger partial charge in [0, 0.05) is 19.3 Å². The van der Waals surface area contributed by atoms with Crippen LogP contribution >= 0.6 is 0 Å². The molecule has 0 aromatic heterocycles. The first kappa shape index (κ1) is 63.1. The van der Waals surface area contributed by atoms with Crippen LogP contribution in [0.15, 0.2) is 109 Å². The Morgan fingerprint density at radius 3 is 0.925 bits per heavy atom. The van der Waals surface area contributed by atoms with E-state index in [0.29, 0.717) is 19.3 Å². The molecule has 0 aromatic carbocycles. The Bertz CT molecular complexity index is 1390. The predicted octanol–water partition coefficient (Wildman–Crippen LogP) is 18.3. The Morgan fingerprint density at radius 1 is 0.313 bits per heavy atom. The standard InChI is InChI=1S/C61H100O6/c1-4-7-10-13-16-19-22-25-28-29-30-31-34-36-39-42-45-48-51-54-60(63)66-57-58(67-61(64)55-52-49-46-43-40-37-33-27-24-21-18-15-12-9-6-3)56-65-59(62)53-50-47-44-41-38-35-32-26-23-20-17-14-11-8-5-2/h9,12,16-21,25-28,30-33,36,39,58H,4-8,10-11,13-15,22-24,29,34-35,37-38,40-57H2,1-3H3/b12-9-,19-16-,20-17-,21-18-,28-25-,31-30-,32-26-,33-27-,39-36-/t58-/m0/s1. The van der Waals surface area contributed by atoms with Gasteiger partial charge in [0.15, 0.2) is 6.10 Å². The van der Waals surface area contributed by atoms with Crippen LogP contribution in [0.1, 0.15) is 239 Å². The minimum Gasteiger partial charge on any atom is -0.462 e. The molecule has 0 N–H and O–H groups in total.